The topological polar surface area (TPSA) is 175 Å². The number of nitrogens with one attached hydrogen (secondary N) is 3. The second-order valence-electron chi connectivity index (χ2n) is 14.8. The molecule has 1 fully saturated rings. The van der Waals surface area contributed by atoms with E-state index in [0.29, 0.717) is 52.7 Å². The summed E-state index contributed by atoms with van der Waals surface area (Å²) in [6, 6.07) is 25.8. The number of carboxylic acids is 1. The quantitative estimate of drug-likeness (QED) is 0.0615. The van der Waals surface area contributed by atoms with Crippen LogP contribution >= 0.6 is 11.6 Å². The van der Waals surface area contributed by atoms with Crippen LogP contribution in [0, 0.1) is 25.2 Å². The van der Waals surface area contributed by atoms with E-state index >= 15 is 0 Å². The molecule has 1 saturated heterocycles. The highest BCUT2D eigenvalue weighted by Crippen LogP contribution is 2.38. The first-order valence-corrected chi connectivity index (χ1v) is 19.7. The monoisotopic (exact) mass is 817 g/mol. The molecule has 12 nitrogen and oxygen atoms in total. The molecule has 13 heteroatoms. The van der Waals surface area contributed by atoms with Crippen LogP contribution in [0.4, 0.5) is 0 Å². The van der Waals surface area contributed by atoms with Gasteiger partial charge in [-0.2, -0.15) is 5.26 Å². The molecule has 0 radical (unpaired) electrons. The molecule has 1 aliphatic heterocycles. The molecule has 5 aromatic rings. The van der Waals surface area contributed by atoms with E-state index in [0.717, 1.165) is 56.7 Å². The summed E-state index contributed by atoms with van der Waals surface area (Å²) in [5, 5.41) is 38.5. The Morgan fingerprint density at radius 3 is 2.37 bits per heavy atom. The molecule has 6 rings (SSSR count). The summed E-state index contributed by atoms with van der Waals surface area (Å²) in [6.45, 7) is 6.53. The minimum atomic E-state index is -1.60. The number of carbonyl (C=O) groups excluding carboxylic acids is 1. The zero-order chi connectivity index (χ0) is 42.1. The van der Waals surface area contributed by atoms with Gasteiger partial charge in [0.25, 0.3) is 0 Å². The third-order valence-corrected chi connectivity index (χ3v) is 11.0. The van der Waals surface area contributed by atoms with Crippen molar-refractivity contribution in [2.45, 2.75) is 71.5 Å². The number of rotatable bonds is 18. The number of methoxy groups -OCH3 is 1. The first kappa shape index (κ1) is 42.6. The number of nitriles is 1. The van der Waals surface area contributed by atoms with Gasteiger partial charge >= 0.3 is 5.97 Å². The van der Waals surface area contributed by atoms with Gasteiger partial charge in [0, 0.05) is 67.2 Å². The standard InChI is InChI=1S/C46H48ClN5O7/c1-28-33(26-59-43-18-42(58-25-31-15-30(19-48)20-49-21-31)35(17-40(43)47)23-51-46(3,27-53)45(55)56)7-5-9-38(28)39-10-6-8-37(29(39)2)32-11-13-41(57-4)34(16-32)22-50-24-36-12-14-44(54)52-36/h5-11,13,15-18,20-21,36,50-51,53H,12,14,22-27H2,1-4H3,(H,52,54)(H,55,56). The SMILES string of the molecule is COc1ccc(-c2cccc(-c3cccc(COc4cc(OCc5cncc(C#N)c5)c(CNC(C)(CO)C(=O)O)cc4Cl)c3C)c2C)cc1CNCC1CCC(=O)N1. The van der Waals surface area contributed by atoms with Crippen LogP contribution in [0.25, 0.3) is 22.3 Å². The molecule has 0 aliphatic carbocycles. The lowest BCUT2D eigenvalue weighted by Crippen LogP contribution is -2.52. The first-order chi connectivity index (χ1) is 28.4. The van der Waals surface area contributed by atoms with Gasteiger partial charge in [0.1, 0.15) is 42.1 Å². The molecule has 2 atom stereocenters. The molecule has 4 aromatic carbocycles. The maximum atomic E-state index is 11.9. The van der Waals surface area contributed by atoms with Gasteiger partial charge in [-0.05, 0) is 90.4 Å². The van der Waals surface area contributed by atoms with Gasteiger partial charge in [-0.15, -0.1) is 0 Å². The van der Waals surface area contributed by atoms with Crippen LogP contribution in [0.3, 0.4) is 0 Å². The zero-order valence-electron chi connectivity index (χ0n) is 33.5. The summed E-state index contributed by atoms with van der Waals surface area (Å²) in [4.78, 5) is 27.6. The summed E-state index contributed by atoms with van der Waals surface area (Å²) >= 11 is 6.78. The fraction of sp³-hybridized carbons (Fsp3) is 0.304. The number of aliphatic hydroxyl groups is 1. The van der Waals surface area contributed by atoms with Gasteiger partial charge in [-0.1, -0.05) is 54.1 Å². The van der Waals surface area contributed by atoms with Crippen molar-refractivity contribution >= 4 is 23.5 Å². The van der Waals surface area contributed by atoms with E-state index in [2.05, 4.69) is 77.2 Å². The predicted octanol–water partition coefficient (Wildman–Crippen LogP) is 7.02. The van der Waals surface area contributed by atoms with Gasteiger partial charge in [0.15, 0.2) is 0 Å². The number of aromatic nitrogens is 1. The molecule has 1 amide bonds. The fourth-order valence-electron chi connectivity index (χ4n) is 7.06. The Balaban J connectivity index is 1.23. The third-order valence-electron chi connectivity index (χ3n) is 10.7. The van der Waals surface area contributed by atoms with E-state index in [1.807, 2.05) is 18.2 Å². The lowest BCUT2D eigenvalue weighted by Gasteiger charge is -2.25. The highest BCUT2D eigenvalue weighted by atomic mass is 35.5. The molecule has 5 N–H and O–H groups in total. The Morgan fingerprint density at radius 1 is 0.932 bits per heavy atom. The largest absolute Gasteiger partial charge is 0.496 e. The number of hydrogen-bond acceptors (Lipinski definition) is 10. The summed E-state index contributed by atoms with van der Waals surface area (Å²) in [7, 11) is 1.67. The van der Waals surface area contributed by atoms with Crippen molar-refractivity contribution in [3.05, 3.63) is 129 Å². The van der Waals surface area contributed by atoms with Crippen molar-refractivity contribution in [2.24, 2.45) is 0 Å². The van der Waals surface area contributed by atoms with E-state index < -0.39 is 18.1 Å². The Labute approximate surface area is 349 Å². The normalized spacial score (nSPS) is 14.6. The second kappa shape index (κ2) is 19.2. The number of aliphatic hydroxyl groups excluding tert-OH is 1. The highest BCUT2D eigenvalue weighted by molar-refractivity contribution is 6.32. The molecular weight excluding hydrogens is 770 g/mol. The first-order valence-electron chi connectivity index (χ1n) is 19.3. The molecule has 59 heavy (non-hydrogen) atoms. The molecule has 0 bridgehead atoms. The minimum Gasteiger partial charge on any atom is -0.496 e. The van der Waals surface area contributed by atoms with Gasteiger partial charge < -0.3 is 35.1 Å². The van der Waals surface area contributed by atoms with E-state index in [1.54, 1.807) is 31.5 Å². The third kappa shape index (κ3) is 10.2. The molecule has 0 spiro atoms. The van der Waals surface area contributed by atoms with Crippen LogP contribution in [-0.2, 0) is 35.9 Å². The predicted molar refractivity (Wildman–Crippen MR) is 225 cm³/mol. The molecule has 2 heterocycles. The van der Waals surface area contributed by atoms with Crippen LogP contribution in [0.1, 0.15) is 58.7 Å². The Kier molecular flexibility index (Phi) is 13.9. The number of hydrogen-bond donors (Lipinski definition) is 5. The van der Waals surface area contributed by atoms with Crippen LogP contribution in [0.15, 0.2) is 85.2 Å². The lowest BCUT2D eigenvalue weighted by molar-refractivity contribution is -0.146. The smallest absolute Gasteiger partial charge is 0.326 e. The number of ether oxygens (including phenoxy) is 3. The van der Waals surface area contributed by atoms with Crippen LogP contribution in [0.2, 0.25) is 5.02 Å². The zero-order valence-corrected chi connectivity index (χ0v) is 34.3. The molecule has 1 aliphatic rings. The number of carboxylic acid groups (broad SMARTS) is 1. The second-order valence-corrected chi connectivity index (χ2v) is 15.2. The minimum absolute atomic E-state index is 0.0186. The number of carbonyl (C=O) groups is 2. The summed E-state index contributed by atoms with van der Waals surface area (Å²) in [5.41, 5.74) is 8.45. The summed E-state index contributed by atoms with van der Waals surface area (Å²) in [5.74, 6) is 0.424. The number of amides is 1. The fourth-order valence-corrected chi connectivity index (χ4v) is 7.30. The van der Waals surface area contributed by atoms with E-state index in [1.165, 1.54) is 13.1 Å². The molecule has 306 valence electrons. The van der Waals surface area contributed by atoms with Crippen molar-refractivity contribution in [3.63, 3.8) is 0 Å². The average molecular weight is 818 g/mol. The van der Waals surface area contributed by atoms with Gasteiger partial charge in [-0.25, -0.2) is 0 Å². The highest BCUT2D eigenvalue weighted by Gasteiger charge is 2.32. The summed E-state index contributed by atoms with van der Waals surface area (Å²) < 4.78 is 18.2. The molecule has 0 saturated carbocycles. The number of nitrogens with zero attached hydrogens (tertiary/aromatic N) is 2. The number of aliphatic carboxylic acids is 1. The van der Waals surface area contributed by atoms with Crippen molar-refractivity contribution < 1.29 is 34.0 Å². The average Bonchev–Trinajstić information content (AvgIpc) is 3.66. The summed E-state index contributed by atoms with van der Waals surface area (Å²) in [6.07, 6.45) is 4.46. The number of benzene rings is 4. The number of pyridine rings is 1. The molecule has 2 unspecified atom stereocenters. The Hall–Kier alpha value is -5.97. The van der Waals surface area contributed by atoms with E-state index in [-0.39, 0.29) is 31.7 Å². The van der Waals surface area contributed by atoms with Gasteiger partial charge in [0.2, 0.25) is 5.91 Å². The van der Waals surface area contributed by atoms with Gasteiger partial charge in [-0.3, -0.25) is 19.9 Å². The van der Waals surface area contributed by atoms with E-state index in [9.17, 15) is 25.1 Å². The van der Waals surface area contributed by atoms with Crippen molar-refractivity contribution in [3.8, 4) is 45.6 Å². The van der Waals surface area contributed by atoms with Crippen molar-refractivity contribution in [2.75, 3.05) is 20.3 Å². The van der Waals surface area contributed by atoms with E-state index in [4.69, 9.17) is 25.8 Å². The lowest BCUT2D eigenvalue weighted by atomic mass is 9.89. The Morgan fingerprint density at radius 2 is 1.66 bits per heavy atom. The van der Waals surface area contributed by atoms with Crippen LogP contribution in [0.5, 0.6) is 17.2 Å². The Bertz CT molecular complexity index is 2380. The maximum absolute atomic E-state index is 11.9. The van der Waals surface area contributed by atoms with Gasteiger partial charge in [0.05, 0.1) is 24.3 Å². The van der Waals surface area contributed by atoms with Crippen molar-refractivity contribution in [1.82, 2.24) is 20.9 Å². The van der Waals surface area contributed by atoms with Crippen LogP contribution < -0.4 is 30.2 Å². The van der Waals surface area contributed by atoms with Crippen LogP contribution in [-0.4, -0.2) is 58.9 Å². The number of halogens is 1. The maximum Gasteiger partial charge on any atom is 0.326 e. The molecule has 1 aromatic heterocycles. The molecular formula is C46H48ClN5O7. The van der Waals surface area contributed by atoms with Crippen molar-refractivity contribution in [1.29, 1.82) is 5.26 Å².